The van der Waals surface area contributed by atoms with E-state index in [-0.39, 0.29) is 6.04 Å². The lowest BCUT2D eigenvalue weighted by atomic mass is 10.2. The molecule has 3 aliphatic rings. The van der Waals surface area contributed by atoms with Gasteiger partial charge in [0.1, 0.15) is 0 Å². The molecule has 3 rings (SSSR count). The molecule has 0 aromatic heterocycles. The van der Waals surface area contributed by atoms with Crippen molar-refractivity contribution in [2.45, 2.75) is 37.8 Å². The maximum Gasteiger partial charge on any atom is 0.226 e. The number of nitrogens with zero attached hydrogens (tertiary/aromatic N) is 1. The highest BCUT2D eigenvalue weighted by Crippen LogP contribution is 2.49. The van der Waals surface area contributed by atoms with E-state index in [1.54, 1.807) is 0 Å². The van der Waals surface area contributed by atoms with E-state index in [1.165, 1.54) is 6.42 Å². The molecule has 2 aliphatic carbocycles. The van der Waals surface area contributed by atoms with Gasteiger partial charge in [0.25, 0.3) is 0 Å². The fourth-order valence-electron chi connectivity index (χ4n) is 2.46. The molecule has 3 fully saturated rings. The Morgan fingerprint density at radius 1 is 1.38 bits per heavy atom. The molecule has 0 unspecified atom stereocenters. The van der Waals surface area contributed by atoms with Crippen molar-refractivity contribution in [2.75, 3.05) is 0 Å². The largest absolute Gasteiger partial charge is 0.325 e. The van der Waals surface area contributed by atoms with Crippen molar-refractivity contribution in [2.24, 2.45) is 11.8 Å². The molecular formula is C11H13NO. The zero-order valence-electron chi connectivity index (χ0n) is 7.57. The zero-order valence-corrected chi connectivity index (χ0v) is 7.57. The number of likely N-dealkylation sites (tertiary alicyclic amines) is 1. The van der Waals surface area contributed by atoms with E-state index >= 15 is 0 Å². The number of amides is 1. The second-order valence-electron chi connectivity index (χ2n) is 4.50. The summed E-state index contributed by atoms with van der Waals surface area (Å²) in [6.07, 6.45) is 9.86. The van der Waals surface area contributed by atoms with Crippen LogP contribution in [0.1, 0.15) is 25.7 Å². The summed E-state index contributed by atoms with van der Waals surface area (Å²) in [5, 5.41) is 0. The molecule has 1 amide bonds. The van der Waals surface area contributed by atoms with Gasteiger partial charge in [0.2, 0.25) is 5.91 Å². The maximum absolute atomic E-state index is 11.8. The molecule has 0 N–H and O–H groups in total. The topological polar surface area (TPSA) is 20.3 Å². The number of piperidine rings is 1. The predicted molar refractivity (Wildman–Crippen MR) is 48.7 cm³/mol. The lowest BCUT2D eigenvalue weighted by Crippen LogP contribution is -2.38. The van der Waals surface area contributed by atoms with Crippen molar-refractivity contribution in [1.82, 2.24) is 4.90 Å². The van der Waals surface area contributed by atoms with Gasteiger partial charge in [0.15, 0.2) is 0 Å². The van der Waals surface area contributed by atoms with Crippen LogP contribution in [0.15, 0.2) is 0 Å². The smallest absolute Gasteiger partial charge is 0.226 e. The van der Waals surface area contributed by atoms with Crippen molar-refractivity contribution < 1.29 is 4.79 Å². The van der Waals surface area contributed by atoms with Crippen LogP contribution in [-0.2, 0) is 4.79 Å². The van der Waals surface area contributed by atoms with Crippen molar-refractivity contribution in [3.05, 3.63) is 0 Å². The lowest BCUT2D eigenvalue weighted by Gasteiger charge is -2.23. The Hall–Kier alpha value is -0.970. The van der Waals surface area contributed by atoms with Crippen LogP contribution in [-0.4, -0.2) is 22.9 Å². The van der Waals surface area contributed by atoms with Crippen LogP contribution < -0.4 is 0 Å². The van der Waals surface area contributed by atoms with Crippen molar-refractivity contribution >= 4 is 5.91 Å². The quantitative estimate of drug-likeness (QED) is 0.545. The van der Waals surface area contributed by atoms with Gasteiger partial charge in [-0.3, -0.25) is 4.79 Å². The van der Waals surface area contributed by atoms with Gasteiger partial charge in [-0.25, -0.2) is 0 Å². The van der Waals surface area contributed by atoms with Gasteiger partial charge < -0.3 is 4.90 Å². The number of fused-ring (bicyclic) bond motifs is 1. The molecule has 0 bridgehead atoms. The molecule has 68 valence electrons. The molecule has 0 spiro atoms. The molecule has 1 saturated heterocycles. The first-order valence-corrected chi connectivity index (χ1v) is 5.09. The molecule has 0 radical (unpaired) electrons. The van der Waals surface area contributed by atoms with Crippen LogP contribution in [0.25, 0.3) is 0 Å². The Morgan fingerprint density at radius 3 is 2.77 bits per heavy atom. The van der Waals surface area contributed by atoms with Gasteiger partial charge >= 0.3 is 0 Å². The number of hydrogen-bond acceptors (Lipinski definition) is 1. The second kappa shape index (κ2) is 2.29. The minimum Gasteiger partial charge on any atom is -0.325 e. The molecular weight excluding hydrogens is 162 g/mol. The molecule has 1 aliphatic heterocycles. The summed E-state index contributed by atoms with van der Waals surface area (Å²) in [6.45, 7) is 0. The van der Waals surface area contributed by atoms with Crippen LogP contribution in [0.4, 0.5) is 0 Å². The number of carbonyl (C=O) groups excluding carboxylic acids is 1. The number of rotatable bonds is 1. The minimum absolute atomic E-state index is 0.122. The summed E-state index contributed by atoms with van der Waals surface area (Å²) in [6, 6.07) is 0.644. The van der Waals surface area contributed by atoms with E-state index < -0.39 is 0 Å². The third-order valence-electron chi connectivity index (χ3n) is 3.48. The molecule has 0 aromatic rings. The highest BCUT2D eigenvalue weighted by molar-refractivity contribution is 5.82. The van der Waals surface area contributed by atoms with Crippen LogP contribution in [0.5, 0.6) is 0 Å². The Kier molecular flexibility index (Phi) is 1.31. The van der Waals surface area contributed by atoms with Crippen molar-refractivity contribution in [3.63, 3.8) is 0 Å². The standard InChI is InChI=1S/C11H13NO/c1-2-9-5-8-6-10(8)12(9)11(13)7-3-4-7/h1,7-10H,3-6H2/t8-,9-,10+/m0/s1. The summed E-state index contributed by atoms with van der Waals surface area (Å²) >= 11 is 0. The maximum atomic E-state index is 11.8. The third-order valence-corrected chi connectivity index (χ3v) is 3.48. The molecule has 2 nitrogen and oxygen atoms in total. The Balaban J connectivity index is 1.80. The number of terminal acetylenes is 1. The molecule has 1 heterocycles. The summed E-state index contributed by atoms with van der Waals surface area (Å²) in [4.78, 5) is 13.8. The van der Waals surface area contributed by atoms with E-state index in [9.17, 15) is 4.79 Å². The molecule has 3 atom stereocenters. The van der Waals surface area contributed by atoms with Crippen molar-refractivity contribution in [3.8, 4) is 12.3 Å². The van der Waals surface area contributed by atoms with Crippen LogP contribution >= 0.6 is 0 Å². The van der Waals surface area contributed by atoms with E-state index in [2.05, 4.69) is 5.92 Å². The van der Waals surface area contributed by atoms with E-state index in [1.807, 2.05) is 4.90 Å². The number of carbonyl (C=O) groups is 1. The minimum atomic E-state index is 0.122. The fraction of sp³-hybridized carbons (Fsp3) is 0.727. The predicted octanol–water partition coefficient (Wildman–Crippen LogP) is 1.02. The first-order chi connectivity index (χ1) is 6.31. The van der Waals surface area contributed by atoms with Crippen LogP contribution in [0.3, 0.4) is 0 Å². The fourth-order valence-corrected chi connectivity index (χ4v) is 2.46. The average Bonchev–Trinajstić information content (AvgIpc) is 3.01. The summed E-state index contributed by atoms with van der Waals surface area (Å²) in [7, 11) is 0. The third kappa shape index (κ3) is 0.997. The van der Waals surface area contributed by atoms with Gasteiger partial charge in [-0.2, -0.15) is 0 Å². The summed E-state index contributed by atoms with van der Waals surface area (Å²) < 4.78 is 0. The van der Waals surface area contributed by atoms with Gasteiger partial charge in [0, 0.05) is 12.0 Å². The average molecular weight is 175 g/mol. The van der Waals surface area contributed by atoms with Crippen LogP contribution in [0.2, 0.25) is 0 Å². The number of hydrogen-bond donors (Lipinski definition) is 0. The Labute approximate surface area is 78.3 Å². The van der Waals surface area contributed by atoms with Gasteiger partial charge in [-0.1, -0.05) is 5.92 Å². The first kappa shape index (κ1) is 7.44. The lowest BCUT2D eigenvalue weighted by molar-refractivity contribution is -0.133. The highest BCUT2D eigenvalue weighted by atomic mass is 16.2. The molecule has 2 heteroatoms. The van der Waals surface area contributed by atoms with E-state index in [0.717, 1.165) is 25.2 Å². The zero-order chi connectivity index (χ0) is 9.00. The first-order valence-electron chi connectivity index (χ1n) is 5.09. The molecule has 0 aromatic carbocycles. The Bertz CT molecular complexity index is 300. The SMILES string of the molecule is C#C[C@H]1C[C@H]2C[C@H]2N1C(=O)C1CC1. The second-order valence-corrected chi connectivity index (χ2v) is 4.50. The molecule has 2 saturated carbocycles. The Morgan fingerprint density at radius 2 is 2.15 bits per heavy atom. The van der Waals surface area contributed by atoms with Crippen LogP contribution in [0, 0.1) is 24.2 Å². The van der Waals surface area contributed by atoms with Gasteiger partial charge in [0.05, 0.1) is 6.04 Å². The van der Waals surface area contributed by atoms with Gasteiger partial charge in [-0.15, -0.1) is 6.42 Å². The van der Waals surface area contributed by atoms with Crippen molar-refractivity contribution in [1.29, 1.82) is 0 Å². The molecule has 13 heavy (non-hydrogen) atoms. The monoisotopic (exact) mass is 175 g/mol. The van der Waals surface area contributed by atoms with E-state index in [0.29, 0.717) is 17.9 Å². The highest BCUT2D eigenvalue weighted by Gasteiger charge is 2.55. The normalized spacial score (nSPS) is 41.2. The van der Waals surface area contributed by atoms with Gasteiger partial charge in [-0.05, 0) is 31.6 Å². The summed E-state index contributed by atoms with van der Waals surface area (Å²) in [5.74, 6) is 4.15. The van der Waals surface area contributed by atoms with E-state index in [4.69, 9.17) is 6.42 Å². The summed E-state index contributed by atoms with van der Waals surface area (Å²) in [5.41, 5.74) is 0.